The molecule has 1 aliphatic rings. The number of methoxy groups -OCH3 is 1. The van der Waals surface area contributed by atoms with Gasteiger partial charge in [0.25, 0.3) is 0 Å². The first-order valence-electron chi connectivity index (χ1n) is 5.92. The fourth-order valence-electron chi connectivity index (χ4n) is 1.91. The molecule has 1 amide bonds. The summed E-state index contributed by atoms with van der Waals surface area (Å²) in [6.07, 6.45) is 1.21. The van der Waals surface area contributed by atoms with E-state index in [2.05, 4.69) is 29.2 Å². The molecule has 1 rings (SSSR count). The van der Waals surface area contributed by atoms with Crippen molar-refractivity contribution in [1.29, 1.82) is 0 Å². The van der Waals surface area contributed by atoms with E-state index >= 15 is 0 Å². The lowest BCUT2D eigenvalue weighted by atomic mass is 10.1. The smallest absolute Gasteiger partial charge is 0.329 e. The van der Waals surface area contributed by atoms with Gasteiger partial charge in [0.05, 0.1) is 7.11 Å². The molecule has 17 heavy (non-hydrogen) atoms. The van der Waals surface area contributed by atoms with Crippen molar-refractivity contribution in [1.82, 2.24) is 10.6 Å². The van der Waals surface area contributed by atoms with Gasteiger partial charge in [0, 0.05) is 13.5 Å². The molecule has 0 bridgehead atoms. The Hall–Kier alpha value is -1.10. The molecule has 98 valence electrons. The molecule has 0 aromatic rings. The lowest BCUT2D eigenvalue weighted by Gasteiger charge is -2.16. The predicted octanol–water partition coefficient (Wildman–Crippen LogP) is 0.300. The minimum Gasteiger partial charge on any atom is -0.467 e. The quantitative estimate of drug-likeness (QED) is 0.657. The van der Waals surface area contributed by atoms with Gasteiger partial charge in [0.15, 0.2) is 0 Å². The molecule has 2 atom stereocenters. The molecule has 0 aliphatic heterocycles. The number of esters is 1. The standard InChI is InChI=1S/C12H22N2O3/c1-8(15)14-10(11(16)17-4)7-13-6-9-5-12(9,2)3/h9-10,13H,5-7H2,1-4H3,(H,14,15). The lowest BCUT2D eigenvalue weighted by molar-refractivity contribution is -0.144. The lowest BCUT2D eigenvalue weighted by Crippen LogP contribution is -2.47. The maximum absolute atomic E-state index is 11.4. The molecule has 0 radical (unpaired) electrons. The number of hydrogen-bond donors (Lipinski definition) is 2. The third-order valence-electron chi connectivity index (χ3n) is 3.32. The van der Waals surface area contributed by atoms with Gasteiger partial charge in [-0.1, -0.05) is 13.8 Å². The van der Waals surface area contributed by atoms with E-state index in [0.717, 1.165) is 6.54 Å². The van der Waals surface area contributed by atoms with E-state index in [9.17, 15) is 9.59 Å². The topological polar surface area (TPSA) is 67.4 Å². The minimum atomic E-state index is -0.598. The van der Waals surface area contributed by atoms with Crippen molar-refractivity contribution < 1.29 is 14.3 Å². The SMILES string of the molecule is COC(=O)C(CNCC1CC1(C)C)NC(C)=O. The van der Waals surface area contributed by atoms with E-state index in [1.165, 1.54) is 20.5 Å². The molecule has 0 spiro atoms. The number of rotatable bonds is 6. The van der Waals surface area contributed by atoms with Crippen LogP contribution in [0.2, 0.25) is 0 Å². The first kappa shape index (κ1) is 14.0. The first-order chi connectivity index (χ1) is 7.86. The average molecular weight is 242 g/mol. The number of nitrogens with one attached hydrogen (secondary N) is 2. The summed E-state index contributed by atoms with van der Waals surface area (Å²) < 4.78 is 4.63. The second kappa shape index (κ2) is 5.49. The van der Waals surface area contributed by atoms with Crippen molar-refractivity contribution in [3.8, 4) is 0 Å². The maximum atomic E-state index is 11.4. The zero-order valence-corrected chi connectivity index (χ0v) is 11.0. The molecular formula is C12H22N2O3. The molecule has 1 saturated carbocycles. The number of carbonyl (C=O) groups is 2. The summed E-state index contributed by atoms with van der Waals surface area (Å²) >= 11 is 0. The summed E-state index contributed by atoms with van der Waals surface area (Å²) in [5.74, 6) is 0.0230. The van der Waals surface area contributed by atoms with Crippen LogP contribution in [0.4, 0.5) is 0 Å². The number of amides is 1. The fraction of sp³-hybridized carbons (Fsp3) is 0.833. The molecule has 1 aliphatic carbocycles. The number of hydrogen-bond acceptors (Lipinski definition) is 4. The highest BCUT2D eigenvalue weighted by atomic mass is 16.5. The van der Waals surface area contributed by atoms with Crippen LogP contribution in [-0.4, -0.2) is 38.1 Å². The Bertz CT molecular complexity index is 302. The summed E-state index contributed by atoms with van der Waals surface area (Å²) in [6.45, 7) is 7.13. The largest absolute Gasteiger partial charge is 0.467 e. The van der Waals surface area contributed by atoms with E-state index < -0.39 is 12.0 Å². The average Bonchev–Trinajstić information content (AvgIpc) is 2.83. The van der Waals surface area contributed by atoms with E-state index in [0.29, 0.717) is 17.9 Å². The Kier molecular flexibility index (Phi) is 4.51. The molecule has 5 heteroatoms. The molecule has 0 aromatic heterocycles. The van der Waals surface area contributed by atoms with Crippen LogP contribution < -0.4 is 10.6 Å². The van der Waals surface area contributed by atoms with Crippen LogP contribution >= 0.6 is 0 Å². The van der Waals surface area contributed by atoms with Gasteiger partial charge in [-0.05, 0) is 24.3 Å². The van der Waals surface area contributed by atoms with Gasteiger partial charge in [-0.3, -0.25) is 4.79 Å². The molecule has 2 unspecified atom stereocenters. The highest BCUT2D eigenvalue weighted by Crippen LogP contribution is 2.50. The van der Waals surface area contributed by atoms with E-state index in [1.807, 2.05) is 0 Å². The second-order valence-electron chi connectivity index (χ2n) is 5.32. The van der Waals surface area contributed by atoms with Crippen LogP contribution in [0.3, 0.4) is 0 Å². The normalized spacial score (nSPS) is 22.7. The Morgan fingerprint density at radius 3 is 2.47 bits per heavy atom. The Balaban J connectivity index is 2.29. The van der Waals surface area contributed by atoms with E-state index in [1.54, 1.807) is 0 Å². The van der Waals surface area contributed by atoms with Crippen molar-refractivity contribution in [2.24, 2.45) is 11.3 Å². The van der Waals surface area contributed by atoms with Gasteiger partial charge in [-0.25, -0.2) is 4.79 Å². The second-order valence-corrected chi connectivity index (χ2v) is 5.32. The van der Waals surface area contributed by atoms with Crippen LogP contribution in [0.5, 0.6) is 0 Å². The summed E-state index contributed by atoms with van der Waals surface area (Å²) in [6, 6.07) is -0.598. The van der Waals surface area contributed by atoms with Crippen LogP contribution in [0, 0.1) is 11.3 Å². The monoisotopic (exact) mass is 242 g/mol. The van der Waals surface area contributed by atoms with Crippen molar-refractivity contribution in [2.45, 2.75) is 33.2 Å². The van der Waals surface area contributed by atoms with E-state index in [4.69, 9.17) is 0 Å². The number of carbonyl (C=O) groups excluding carboxylic acids is 2. The van der Waals surface area contributed by atoms with Gasteiger partial charge < -0.3 is 15.4 Å². The van der Waals surface area contributed by atoms with Crippen molar-refractivity contribution >= 4 is 11.9 Å². The van der Waals surface area contributed by atoms with E-state index in [-0.39, 0.29) is 5.91 Å². The summed E-state index contributed by atoms with van der Waals surface area (Å²) in [5, 5.41) is 5.78. The highest BCUT2D eigenvalue weighted by Gasteiger charge is 2.44. The maximum Gasteiger partial charge on any atom is 0.329 e. The van der Waals surface area contributed by atoms with Crippen LogP contribution in [0.25, 0.3) is 0 Å². The summed E-state index contributed by atoms with van der Waals surface area (Å²) in [7, 11) is 1.32. The van der Waals surface area contributed by atoms with Crippen molar-refractivity contribution in [2.75, 3.05) is 20.2 Å². The molecular weight excluding hydrogens is 220 g/mol. The number of ether oxygens (including phenoxy) is 1. The molecule has 0 saturated heterocycles. The molecule has 5 nitrogen and oxygen atoms in total. The third kappa shape index (κ3) is 4.34. The summed E-state index contributed by atoms with van der Waals surface area (Å²) in [4.78, 5) is 22.3. The third-order valence-corrected chi connectivity index (χ3v) is 3.32. The van der Waals surface area contributed by atoms with Crippen molar-refractivity contribution in [3.05, 3.63) is 0 Å². The zero-order chi connectivity index (χ0) is 13.1. The molecule has 2 N–H and O–H groups in total. The van der Waals surface area contributed by atoms with Gasteiger partial charge in [-0.15, -0.1) is 0 Å². The van der Waals surface area contributed by atoms with Crippen LogP contribution in [0.1, 0.15) is 27.2 Å². The van der Waals surface area contributed by atoms with Gasteiger partial charge >= 0.3 is 5.97 Å². The Morgan fingerprint density at radius 2 is 2.06 bits per heavy atom. The van der Waals surface area contributed by atoms with Gasteiger partial charge in [0.1, 0.15) is 6.04 Å². The molecule has 0 aromatic carbocycles. The fourth-order valence-corrected chi connectivity index (χ4v) is 1.91. The Morgan fingerprint density at radius 1 is 1.47 bits per heavy atom. The Labute approximate surface area is 102 Å². The minimum absolute atomic E-state index is 0.228. The molecule has 0 heterocycles. The molecule has 1 fully saturated rings. The highest BCUT2D eigenvalue weighted by molar-refractivity contribution is 5.83. The van der Waals surface area contributed by atoms with Crippen LogP contribution in [0.15, 0.2) is 0 Å². The van der Waals surface area contributed by atoms with Crippen LogP contribution in [-0.2, 0) is 14.3 Å². The van der Waals surface area contributed by atoms with Gasteiger partial charge in [0.2, 0.25) is 5.91 Å². The summed E-state index contributed by atoms with van der Waals surface area (Å²) in [5.41, 5.74) is 0.418. The first-order valence-corrected chi connectivity index (χ1v) is 5.92. The van der Waals surface area contributed by atoms with Crippen molar-refractivity contribution in [3.63, 3.8) is 0 Å². The predicted molar refractivity (Wildman–Crippen MR) is 64.4 cm³/mol. The zero-order valence-electron chi connectivity index (χ0n) is 11.0. The van der Waals surface area contributed by atoms with Gasteiger partial charge in [-0.2, -0.15) is 0 Å².